The second-order valence-corrected chi connectivity index (χ2v) is 7.94. The van der Waals surface area contributed by atoms with Gasteiger partial charge in [0.15, 0.2) is 6.29 Å². The molecule has 0 amide bonds. The van der Waals surface area contributed by atoms with Crippen LogP contribution in [0.1, 0.15) is 27.2 Å². The Hall–Kier alpha value is -0.320. The molecular formula is C17H33NO7. The van der Waals surface area contributed by atoms with E-state index in [-0.39, 0.29) is 18.1 Å². The predicted octanol–water partition coefficient (Wildman–Crippen LogP) is -0.751. The Bertz CT molecular complexity index is 416. The molecule has 0 saturated carbocycles. The zero-order chi connectivity index (χ0) is 18.8. The van der Waals surface area contributed by atoms with Gasteiger partial charge >= 0.3 is 0 Å². The van der Waals surface area contributed by atoms with Crippen LogP contribution in [-0.4, -0.2) is 91.6 Å². The number of nitrogens with one attached hydrogen (secondary N) is 1. The van der Waals surface area contributed by atoms with Crippen LogP contribution < -0.4 is 5.32 Å². The molecule has 8 heteroatoms. The third-order valence-corrected chi connectivity index (χ3v) is 4.99. The SMILES string of the molecule is CN[C@@H]1CO[C@H](OCC2O[C@@H](C(C)(C)C)C(O)[C@@H](O)[C@@H]2OC)C[C@H]1O. The number of hydrogen-bond acceptors (Lipinski definition) is 8. The van der Waals surface area contributed by atoms with Crippen LogP contribution in [0, 0.1) is 5.41 Å². The molecule has 0 aromatic carbocycles. The molecule has 0 aliphatic carbocycles. The van der Waals surface area contributed by atoms with Crippen molar-refractivity contribution in [3.63, 3.8) is 0 Å². The van der Waals surface area contributed by atoms with Crippen molar-refractivity contribution in [3.8, 4) is 0 Å². The van der Waals surface area contributed by atoms with Crippen molar-refractivity contribution in [2.24, 2.45) is 5.41 Å². The summed E-state index contributed by atoms with van der Waals surface area (Å²) in [7, 11) is 3.24. The average molecular weight is 363 g/mol. The number of methoxy groups -OCH3 is 1. The molecule has 148 valence electrons. The van der Waals surface area contributed by atoms with Crippen molar-refractivity contribution < 1.29 is 34.3 Å². The standard InChI is InChI=1S/C17H33NO7/c1-17(2,3)16-14(21)13(20)15(22-5)11(25-16)8-24-12-6-10(19)9(18-4)7-23-12/h9-16,18-21H,6-8H2,1-5H3/t9-,10-,11?,12-,13-,14?,15-,16-/m1/s1. The molecule has 0 bridgehead atoms. The molecule has 0 aromatic heterocycles. The molecule has 2 aliphatic heterocycles. The smallest absolute Gasteiger partial charge is 0.160 e. The monoisotopic (exact) mass is 363 g/mol. The van der Waals surface area contributed by atoms with Crippen LogP contribution in [-0.2, 0) is 18.9 Å². The third kappa shape index (κ3) is 4.90. The van der Waals surface area contributed by atoms with Gasteiger partial charge in [0.05, 0.1) is 31.5 Å². The van der Waals surface area contributed by atoms with E-state index in [2.05, 4.69) is 5.32 Å². The molecule has 2 aliphatic rings. The van der Waals surface area contributed by atoms with E-state index < -0.39 is 42.9 Å². The Morgan fingerprint density at radius 2 is 1.84 bits per heavy atom. The van der Waals surface area contributed by atoms with Crippen molar-refractivity contribution in [2.75, 3.05) is 27.4 Å². The summed E-state index contributed by atoms with van der Waals surface area (Å²) >= 11 is 0. The van der Waals surface area contributed by atoms with Crippen LogP contribution in [0.25, 0.3) is 0 Å². The summed E-state index contributed by atoms with van der Waals surface area (Å²) in [5.41, 5.74) is -0.352. The molecule has 25 heavy (non-hydrogen) atoms. The van der Waals surface area contributed by atoms with E-state index in [0.29, 0.717) is 13.0 Å². The molecular weight excluding hydrogens is 330 g/mol. The molecule has 2 rings (SSSR count). The molecule has 2 saturated heterocycles. The summed E-state index contributed by atoms with van der Waals surface area (Å²) in [6, 6.07) is -0.111. The first-order valence-corrected chi connectivity index (χ1v) is 8.82. The number of hydrogen-bond donors (Lipinski definition) is 4. The quantitative estimate of drug-likeness (QED) is 0.505. The Labute approximate surface area is 149 Å². The summed E-state index contributed by atoms with van der Waals surface area (Å²) in [5, 5.41) is 33.8. The summed E-state index contributed by atoms with van der Waals surface area (Å²) in [5.74, 6) is 0. The van der Waals surface area contributed by atoms with E-state index in [1.807, 2.05) is 20.8 Å². The van der Waals surface area contributed by atoms with Crippen molar-refractivity contribution in [3.05, 3.63) is 0 Å². The Kier molecular flexibility index (Phi) is 7.20. The van der Waals surface area contributed by atoms with Gasteiger partial charge in [-0.3, -0.25) is 0 Å². The molecule has 2 unspecified atom stereocenters. The summed E-state index contributed by atoms with van der Waals surface area (Å²) in [4.78, 5) is 0. The topological polar surface area (TPSA) is 110 Å². The highest BCUT2D eigenvalue weighted by Crippen LogP contribution is 2.34. The van der Waals surface area contributed by atoms with Gasteiger partial charge in [-0.1, -0.05) is 20.8 Å². The Morgan fingerprint density at radius 3 is 2.36 bits per heavy atom. The van der Waals surface area contributed by atoms with Crippen LogP contribution in [0.2, 0.25) is 0 Å². The van der Waals surface area contributed by atoms with Gasteiger partial charge in [0.2, 0.25) is 0 Å². The van der Waals surface area contributed by atoms with E-state index >= 15 is 0 Å². The van der Waals surface area contributed by atoms with Gasteiger partial charge in [-0.2, -0.15) is 0 Å². The molecule has 0 aromatic rings. The Balaban J connectivity index is 1.96. The molecule has 0 radical (unpaired) electrons. The lowest BCUT2D eigenvalue weighted by Crippen LogP contribution is -2.62. The van der Waals surface area contributed by atoms with Gasteiger partial charge in [-0.05, 0) is 12.5 Å². The fraction of sp³-hybridized carbons (Fsp3) is 1.00. The van der Waals surface area contributed by atoms with Crippen LogP contribution in [0.4, 0.5) is 0 Å². The normalized spacial score (nSPS) is 43.2. The summed E-state index contributed by atoms with van der Waals surface area (Å²) in [6.07, 6.45) is -4.64. The first-order chi connectivity index (χ1) is 11.7. The van der Waals surface area contributed by atoms with Crippen LogP contribution >= 0.6 is 0 Å². The highest BCUT2D eigenvalue weighted by atomic mass is 16.7. The van der Waals surface area contributed by atoms with Gasteiger partial charge in [0.25, 0.3) is 0 Å². The lowest BCUT2D eigenvalue weighted by molar-refractivity contribution is -0.275. The van der Waals surface area contributed by atoms with Gasteiger partial charge in [-0.15, -0.1) is 0 Å². The van der Waals surface area contributed by atoms with Gasteiger partial charge in [-0.25, -0.2) is 0 Å². The average Bonchev–Trinajstić information content (AvgIpc) is 2.54. The van der Waals surface area contributed by atoms with Gasteiger partial charge in [0.1, 0.15) is 24.4 Å². The summed E-state index contributed by atoms with van der Waals surface area (Å²) in [6.45, 7) is 6.31. The summed E-state index contributed by atoms with van der Waals surface area (Å²) < 4.78 is 22.7. The van der Waals surface area contributed by atoms with E-state index in [9.17, 15) is 15.3 Å². The number of ether oxygens (including phenoxy) is 4. The fourth-order valence-corrected chi connectivity index (χ4v) is 3.43. The lowest BCUT2D eigenvalue weighted by Gasteiger charge is -2.47. The largest absolute Gasteiger partial charge is 0.391 e. The van der Waals surface area contributed by atoms with E-state index in [1.54, 1.807) is 7.05 Å². The van der Waals surface area contributed by atoms with Crippen molar-refractivity contribution in [2.45, 2.75) is 76.1 Å². The predicted molar refractivity (Wildman–Crippen MR) is 90.1 cm³/mol. The van der Waals surface area contributed by atoms with Crippen LogP contribution in [0.3, 0.4) is 0 Å². The molecule has 2 heterocycles. The van der Waals surface area contributed by atoms with Crippen molar-refractivity contribution >= 4 is 0 Å². The minimum absolute atomic E-state index is 0.111. The first kappa shape index (κ1) is 21.0. The zero-order valence-corrected chi connectivity index (χ0v) is 15.7. The highest BCUT2D eigenvalue weighted by Gasteiger charge is 2.49. The van der Waals surface area contributed by atoms with Crippen LogP contribution in [0.15, 0.2) is 0 Å². The number of rotatable bonds is 5. The Morgan fingerprint density at radius 1 is 1.16 bits per heavy atom. The molecule has 8 atom stereocenters. The second kappa shape index (κ2) is 8.58. The van der Waals surface area contributed by atoms with E-state index in [4.69, 9.17) is 18.9 Å². The number of aliphatic hydroxyl groups excluding tert-OH is 3. The minimum atomic E-state index is -1.07. The first-order valence-electron chi connectivity index (χ1n) is 8.82. The molecule has 8 nitrogen and oxygen atoms in total. The highest BCUT2D eigenvalue weighted by molar-refractivity contribution is 4.97. The molecule has 2 fully saturated rings. The zero-order valence-electron chi connectivity index (χ0n) is 15.7. The fourth-order valence-electron chi connectivity index (χ4n) is 3.43. The maximum Gasteiger partial charge on any atom is 0.160 e. The maximum absolute atomic E-state index is 10.4. The van der Waals surface area contributed by atoms with E-state index in [1.165, 1.54) is 7.11 Å². The molecule has 0 spiro atoms. The minimum Gasteiger partial charge on any atom is -0.391 e. The van der Waals surface area contributed by atoms with Gasteiger partial charge in [0, 0.05) is 13.5 Å². The van der Waals surface area contributed by atoms with Crippen molar-refractivity contribution in [1.29, 1.82) is 0 Å². The van der Waals surface area contributed by atoms with E-state index in [0.717, 1.165) is 0 Å². The van der Waals surface area contributed by atoms with Gasteiger partial charge < -0.3 is 39.6 Å². The lowest BCUT2D eigenvalue weighted by atomic mass is 9.80. The molecule has 4 N–H and O–H groups in total. The van der Waals surface area contributed by atoms with Crippen molar-refractivity contribution in [1.82, 2.24) is 5.32 Å². The second-order valence-electron chi connectivity index (χ2n) is 7.94. The third-order valence-electron chi connectivity index (χ3n) is 4.99. The number of aliphatic hydroxyl groups is 3. The number of likely N-dealkylation sites (N-methyl/N-ethyl adjacent to an activating group) is 1. The van der Waals surface area contributed by atoms with Crippen LogP contribution in [0.5, 0.6) is 0 Å². The maximum atomic E-state index is 10.4.